The molecule has 2 aromatic heterocycles. The van der Waals surface area contributed by atoms with Gasteiger partial charge in [0.2, 0.25) is 0 Å². The molecule has 0 bridgehead atoms. The van der Waals surface area contributed by atoms with Gasteiger partial charge in [-0.1, -0.05) is 156 Å². The van der Waals surface area contributed by atoms with Crippen LogP contribution >= 0.6 is 54.5 Å². The zero-order valence-electron chi connectivity index (χ0n) is 58.5. The predicted octanol–water partition coefficient (Wildman–Crippen LogP) is 23.7. The number of nitrogens with zero attached hydrogens (tertiary/aromatic N) is 4. The molecule has 2 unspecified atom stereocenters. The summed E-state index contributed by atoms with van der Waals surface area (Å²) >= 11 is 7.48. The average molecular weight is 1590 g/mol. The Bertz CT molecular complexity index is 2870. The second-order valence-corrected chi connectivity index (χ2v) is 63.7. The van der Waals surface area contributed by atoms with Gasteiger partial charge in [0.05, 0.1) is 10.7 Å². The number of hydrogen-bond donors (Lipinski definition) is 0. The zero-order valence-corrected chi connectivity index (χ0v) is 69.0. The third-order valence-corrected chi connectivity index (χ3v) is 41.4. The maximum atomic E-state index is 6.90. The molecule has 2 atom stereocenters. The minimum Gasteiger partial charge on any atom is -0.253 e. The van der Waals surface area contributed by atoms with E-state index in [0.29, 0.717) is 11.8 Å². The van der Waals surface area contributed by atoms with Gasteiger partial charge in [-0.25, -0.2) is 0 Å². The first-order chi connectivity index (χ1) is 42.3. The zero-order chi connectivity index (χ0) is 63.7. The molecule has 0 spiro atoms. The maximum absolute atomic E-state index is 6.90. The Hall–Kier alpha value is -0.803. The molecule has 0 saturated heterocycles. The van der Waals surface area contributed by atoms with E-state index in [1.807, 2.05) is 22.7 Å². The van der Waals surface area contributed by atoms with Gasteiger partial charge in [-0.2, -0.15) is 0 Å². The van der Waals surface area contributed by atoms with Gasteiger partial charge in [-0.05, 0) is 95.4 Å². The fourth-order valence-corrected chi connectivity index (χ4v) is 26.9. The Morgan fingerprint density at radius 3 is 0.943 bits per heavy atom. The molecule has 0 amide bonds. The molecule has 2 aliphatic rings. The Labute approximate surface area is 570 Å². The van der Waals surface area contributed by atoms with Crippen molar-refractivity contribution >= 4 is 128 Å². The minimum atomic E-state index is -2.28. The van der Waals surface area contributed by atoms with Gasteiger partial charge in [0, 0.05) is 19.7 Å². The molecule has 0 saturated carbocycles. The summed E-state index contributed by atoms with van der Waals surface area (Å²) in [5, 5.41) is 9.22. The molecule has 0 N–H and O–H groups in total. The summed E-state index contributed by atoms with van der Waals surface area (Å²) in [4.78, 5) is 37.5. The van der Waals surface area contributed by atoms with Gasteiger partial charge in [-0.15, -0.1) is 0 Å². The van der Waals surface area contributed by atoms with Crippen LogP contribution in [0.3, 0.4) is 0 Å². The van der Waals surface area contributed by atoms with Crippen molar-refractivity contribution in [1.29, 1.82) is 0 Å². The summed E-state index contributed by atoms with van der Waals surface area (Å²) < 4.78 is 21.8. The summed E-state index contributed by atoms with van der Waals surface area (Å²) in [5.41, 5.74) is -0.693. The van der Waals surface area contributed by atoms with Crippen LogP contribution in [0.5, 0.6) is 11.5 Å². The molecule has 5 aromatic rings. The van der Waals surface area contributed by atoms with Gasteiger partial charge < -0.3 is 0 Å². The van der Waals surface area contributed by atoms with Gasteiger partial charge >= 0.3 is 252 Å². The Morgan fingerprint density at radius 1 is 0.375 bits per heavy atom. The van der Waals surface area contributed by atoms with Crippen LogP contribution < -0.4 is 36.7 Å². The molecule has 7 rings (SSSR count). The molecule has 4 heterocycles. The van der Waals surface area contributed by atoms with E-state index in [1.165, 1.54) is 236 Å². The van der Waals surface area contributed by atoms with Crippen LogP contribution in [0, 0.1) is 11.8 Å². The number of ether oxygens (including phenoxy) is 2. The summed E-state index contributed by atoms with van der Waals surface area (Å²) in [6.07, 6.45) is 45.3. The van der Waals surface area contributed by atoms with E-state index in [4.69, 9.17) is 29.4 Å². The van der Waals surface area contributed by atoms with Crippen molar-refractivity contribution in [3.63, 3.8) is 0 Å². The molecule has 3 aromatic carbocycles. The van der Waals surface area contributed by atoms with Crippen LogP contribution in [0.2, 0.25) is 29.6 Å². The first kappa shape index (κ1) is 76.2. The molecule has 494 valence electrons. The number of rotatable bonds is 44. The van der Waals surface area contributed by atoms with Crippen molar-refractivity contribution in [3.05, 3.63) is 54.6 Å². The van der Waals surface area contributed by atoms with Crippen molar-refractivity contribution < 1.29 is 9.47 Å². The third-order valence-electron chi connectivity index (χ3n) is 19.1. The number of thiophene rings is 2. The Balaban J connectivity index is 0.000000292. The minimum absolute atomic E-state index is 0.346. The van der Waals surface area contributed by atoms with Crippen molar-refractivity contribution in [2.75, 3.05) is 13.2 Å². The normalized spacial score (nSPS) is 15.0. The van der Waals surface area contributed by atoms with Gasteiger partial charge in [0.15, 0.2) is 11.3 Å². The van der Waals surface area contributed by atoms with E-state index in [0.717, 1.165) is 80.8 Å². The molecule has 12 heteroatoms. The van der Waals surface area contributed by atoms with Gasteiger partial charge in [0.1, 0.15) is 10.7 Å². The fraction of sp³-hybridized carbons (Fsp3) is 0.737. The molecule has 0 fully saturated rings. The summed E-state index contributed by atoms with van der Waals surface area (Å²) in [6, 6.07) is 9.60. The quantitative estimate of drug-likeness (QED) is 0.0288. The molecule has 88 heavy (non-hydrogen) atoms. The van der Waals surface area contributed by atoms with Crippen molar-refractivity contribution in [2.24, 2.45) is 31.8 Å². The van der Waals surface area contributed by atoms with E-state index in [2.05, 4.69) is 141 Å². The van der Waals surface area contributed by atoms with Crippen LogP contribution in [-0.4, -0.2) is 61.3 Å². The first-order valence-electron chi connectivity index (χ1n) is 36.5. The Morgan fingerprint density at radius 2 is 0.659 bits per heavy atom. The van der Waals surface area contributed by atoms with E-state index in [-0.39, 0.29) is 11.3 Å². The third kappa shape index (κ3) is 22.1. The number of benzene rings is 3. The van der Waals surface area contributed by atoms with Crippen LogP contribution in [-0.2, 0) is 0 Å². The van der Waals surface area contributed by atoms with E-state index >= 15 is 0 Å². The summed E-state index contributed by atoms with van der Waals surface area (Å²) in [6.45, 7) is 20.1. The number of fused-ring (bicyclic) bond motifs is 7. The van der Waals surface area contributed by atoms with Crippen LogP contribution in [0.15, 0.2) is 53.2 Å². The van der Waals surface area contributed by atoms with Crippen LogP contribution in [0.25, 0.3) is 30.9 Å². The van der Waals surface area contributed by atoms with Crippen molar-refractivity contribution in [3.8, 4) is 11.5 Å². The van der Waals surface area contributed by atoms with Crippen LogP contribution in [0.1, 0.15) is 287 Å². The average Bonchev–Trinajstić information content (AvgIpc) is 1.72. The molecule has 2 aliphatic heterocycles. The van der Waals surface area contributed by atoms with Crippen molar-refractivity contribution in [2.45, 2.75) is 328 Å². The molecule has 0 radical (unpaired) electrons. The van der Waals surface area contributed by atoms with E-state index in [9.17, 15) is 0 Å². The first-order valence-corrected chi connectivity index (χ1v) is 59.7. The fourth-order valence-electron chi connectivity index (χ4n) is 13.1. The number of halogens is 2. The molecular formula is C76H124Br2N4O2S2Sn2. The number of hydrogen-bond acceptors (Lipinski definition) is 8. The predicted molar refractivity (Wildman–Crippen MR) is 402 cm³/mol. The monoisotopic (exact) mass is 1590 g/mol. The molecule has 0 aliphatic carbocycles. The Kier molecular flexibility index (Phi) is 33.5. The topological polar surface area (TPSA) is 67.9 Å². The van der Waals surface area contributed by atoms with Gasteiger partial charge in [0.25, 0.3) is 0 Å². The maximum Gasteiger partial charge on any atom is 0.151 e. The van der Waals surface area contributed by atoms with E-state index in [1.54, 1.807) is 5.79 Å². The molecule has 6 nitrogen and oxygen atoms in total. The van der Waals surface area contributed by atoms with E-state index < -0.39 is 36.8 Å². The second-order valence-electron chi connectivity index (χ2n) is 29.0. The summed E-state index contributed by atoms with van der Waals surface area (Å²) in [5.74, 6) is 3.56. The van der Waals surface area contributed by atoms with Crippen molar-refractivity contribution in [1.82, 2.24) is 0 Å². The number of unbranched alkanes of at least 4 members (excludes halogenated alkanes) is 22. The molecular weight excluding hydrogens is 1460 g/mol. The standard InChI is InChI=1S/C44H70Br2N4.C26H36O2S2.6CH3.2Sn/c1-5-9-13-17-21-25-29-43(30-26-22-18-14-10-6-2)47-39-35-33-38(46)42-40(36(35)34-37(45)41(39)49-43)48-44(50-42,31-27-23-19-15-11-7-3)32-28-24-20-16-12-8-4;1-5-9-11-19(7-3)17-27-23-21-13-15-30-26(21)24(22-14-16-29-25(22)23)28-18-20(8-4)12-10-6-2;;;;;;;;/h33-34H,5-32H2,1-4H3;13-14,19-20H,5-12,17-18H2,1-4H3;6*1H3;;. The second kappa shape index (κ2) is 38.7. The smallest absolute Gasteiger partial charge is 0.151 e. The largest absolute Gasteiger partial charge is 0.253 e. The van der Waals surface area contributed by atoms with Gasteiger partial charge in [-0.3, -0.25) is 20.0 Å². The van der Waals surface area contributed by atoms with Crippen LogP contribution in [0.4, 0.5) is 0 Å². The SMILES string of the molecule is CCCCC(CC)COc1c2c[c]([Sn]([CH3])([CH3])[CH3])sc2c(OCC(CC)CCCC)c2c[c]([Sn]([CH3])([CH3])[CH3])sc12.CCCCCCCCC1(CCCCCCCC)N=c2c(Br)cc3c4c(c(Br)cc3c2=N1)=NC(CCCCCCCC)(CCCCCCCC)N=4. The summed E-state index contributed by atoms with van der Waals surface area (Å²) in [7, 11) is 0.